The van der Waals surface area contributed by atoms with E-state index in [2.05, 4.69) is 9.62 Å². The van der Waals surface area contributed by atoms with Crippen LogP contribution in [0.4, 0.5) is 0 Å². The van der Waals surface area contributed by atoms with Crippen molar-refractivity contribution in [3.8, 4) is 0 Å². The summed E-state index contributed by atoms with van der Waals surface area (Å²) in [6, 6.07) is 8.65. The Bertz CT molecular complexity index is 749. The Morgan fingerprint density at radius 3 is 2.76 bits per heavy atom. The van der Waals surface area contributed by atoms with Crippen molar-refractivity contribution >= 4 is 10.0 Å². The van der Waals surface area contributed by atoms with Crippen LogP contribution in [0.5, 0.6) is 0 Å². The van der Waals surface area contributed by atoms with Crippen LogP contribution < -0.4 is 4.72 Å². The molecule has 4 fully saturated rings. The van der Waals surface area contributed by atoms with Crippen LogP contribution in [0.25, 0.3) is 0 Å². The normalized spacial score (nSPS) is 37.5. The summed E-state index contributed by atoms with van der Waals surface area (Å²) in [5.74, 6) is 1.67. The van der Waals surface area contributed by atoms with Crippen LogP contribution in [0.3, 0.4) is 0 Å². The van der Waals surface area contributed by atoms with E-state index in [-0.39, 0.29) is 11.7 Å². The maximum Gasteiger partial charge on any atom is 0.240 e. The first-order chi connectivity index (χ1) is 12.1. The molecule has 3 aliphatic heterocycles. The first-order valence-electron chi connectivity index (χ1n) is 9.51. The van der Waals surface area contributed by atoms with Gasteiger partial charge < -0.3 is 4.74 Å². The summed E-state index contributed by atoms with van der Waals surface area (Å²) < 4.78 is 34.4. The standard InChI is InChI=1S/C19H26N2O3S/c22-25(23,15-4-2-1-3-5-15)20-10-16-17-12-21(11-14-6-7-14)13-19(17)9-8-18(16)24-19/h1-5,14,16-18,20H,6-13H2/t16-,17+,18+,19+/m0/s1. The number of likely N-dealkylation sites (tertiary alicyclic amines) is 1. The molecular formula is C19H26N2O3S. The number of fused-ring (bicyclic) bond motifs is 1. The maximum atomic E-state index is 12.5. The number of nitrogens with one attached hydrogen (secondary N) is 1. The van der Waals surface area contributed by atoms with Gasteiger partial charge in [-0.2, -0.15) is 0 Å². The molecule has 1 spiro atoms. The number of nitrogens with zero attached hydrogens (tertiary/aromatic N) is 1. The number of ether oxygens (including phenoxy) is 1. The molecule has 3 heterocycles. The van der Waals surface area contributed by atoms with Gasteiger partial charge in [0.15, 0.2) is 0 Å². The lowest BCUT2D eigenvalue weighted by molar-refractivity contribution is 0.00252. The molecule has 1 aliphatic carbocycles. The van der Waals surface area contributed by atoms with Gasteiger partial charge in [-0.3, -0.25) is 4.90 Å². The predicted octanol–water partition coefficient (Wildman–Crippen LogP) is 1.85. The molecular weight excluding hydrogens is 336 g/mol. The quantitative estimate of drug-likeness (QED) is 0.839. The number of rotatable bonds is 6. The minimum absolute atomic E-state index is 0.00239. The highest BCUT2D eigenvalue weighted by atomic mass is 32.2. The van der Waals surface area contributed by atoms with Crippen molar-refractivity contribution in [1.82, 2.24) is 9.62 Å². The minimum Gasteiger partial charge on any atom is -0.370 e. The van der Waals surface area contributed by atoms with E-state index in [4.69, 9.17) is 4.74 Å². The molecule has 1 aromatic carbocycles. The minimum atomic E-state index is -3.44. The fourth-order valence-electron chi connectivity index (χ4n) is 5.25. The zero-order valence-corrected chi connectivity index (χ0v) is 15.2. The number of sulfonamides is 1. The lowest BCUT2D eigenvalue weighted by Gasteiger charge is -2.29. The molecule has 1 saturated carbocycles. The van der Waals surface area contributed by atoms with Gasteiger partial charge in [-0.05, 0) is 43.7 Å². The van der Waals surface area contributed by atoms with Crippen LogP contribution in [-0.2, 0) is 14.8 Å². The van der Waals surface area contributed by atoms with Crippen LogP contribution in [0.1, 0.15) is 25.7 Å². The van der Waals surface area contributed by atoms with E-state index in [0.29, 0.717) is 23.3 Å². The lowest BCUT2D eigenvalue weighted by Crippen LogP contribution is -2.41. The van der Waals surface area contributed by atoms with Crippen molar-refractivity contribution < 1.29 is 13.2 Å². The molecule has 3 saturated heterocycles. The Morgan fingerprint density at radius 1 is 1.20 bits per heavy atom. The molecule has 0 unspecified atom stereocenters. The second-order valence-electron chi connectivity index (χ2n) is 8.33. The summed E-state index contributed by atoms with van der Waals surface area (Å²) >= 11 is 0. The van der Waals surface area contributed by atoms with Crippen molar-refractivity contribution in [2.24, 2.45) is 17.8 Å². The van der Waals surface area contributed by atoms with E-state index in [1.54, 1.807) is 24.3 Å². The molecule has 4 aliphatic rings. The second kappa shape index (κ2) is 5.78. The predicted molar refractivity (Wildman–Crippen MR) is 94.6 cm³/mol. The fourth-order valence-corrected chi connectivity index (χ4v) is 6.35. The second-order valence-corrected chi connectivity index (χ2v) is 10.1. The molecule has 25 heavy (non-hydrogen) atoms. The summed E-state index contributed by atoms with van der Waals surface area (Å²) in [7, 11) is -3.44. The molecule has 6 heteroatoms. The zero-order chi connectivity index (χ0) is 17.1. The molecule has 0 amide bonds. The summed E-state index contributed by atoms with van der Waals surface area (Å²) in [5, 5.41) is 0. The fraction of sp³-hybridized carbons (Fsp3) is 0.684. The van der Waals surface area contributed by atoms with Crippen molar-refractivity contribution in [3.05, 3.63) is 30.3 Å². The molecule has 5 rings (SSSR count). The third-order valence-corrected chi connectivity index (χ3v) is 8.07. The Kier molecular flexibility index (Phi) is 3.75. The van der Waals surface area contributed by atoms with Gasteiger partial charge in [-0.1, -0.05) is 18.2 Å². The average molecular weight is 362 g/mol. The third-order valence-electron chi connectivity index (χ3n) is 6.63. The average Bonchev–Trinajstić information content (AvgIpc) is 3.10. The van der Waals surface area contributed by atoms with Gasteiger partial charge in [0.1, 0.15) is 0 Å². The van der Waals surface area contributed by atoms with E-state index in [9.17, 15) is 8.42 Å². The zero-order valence-electron chi connectivity index (χ0n) is 14.4. The van der Waals surface area contributed by atoms with Crippen LogP contribution >= 0.6 is 0 Å². The summed E-state index contributed by atoms with van der Waals surface area (Å²) in [6.07, 6.45) is 5.19. The summed E-state index contributed by atoms with van der Waals surface area (Å²) in [6.45, 7) is 3.82. The molecule has 2 bridgehead atoms. The highest BCUT2D eigenvalue weighted by molar-refractivity contribution is 7.89. The van der Waals surface area contributed by atoms with Crippen molar-refractivity contribution in [2.75, 3.05) is 26.2 Å². The molecule has 1 aromatic rings. The summed E-state index contributed by atoms with van der Waals surface area (Å²) in [4.78, 5) is 2.92. The van der Waals surface area contributed by atoms with Crippen LogP contribution in [0, 0.1) is 17.8 Å². The largest absolute Gasteiger partial charge is 0.370 e. The van der Waals surface area contributed by atoms with E-state index in [1.165, 1.54) is 19.4 Å². The lowest BCUT2D eigenvalue weighted by atomic mass is 9.74. The van der Waals surface area contributed by atoms with Crippen LogP contribution in [0.15, 0.2) is 35.2 Å². The topological polar surface area (TPSA) is 58.6 Å². The van der Waals surface area contributed by atoms with Gasteiger partial charge in [0.2, 0.25) is 10.0 Å². The molecule has 1 N–H and O–H groups in total. The van der Waals surface area contributed by atoms with E-state index in [1.807, 2.05) is 6.07 Å². The molecule has 0 aromatic heterocycles. The SMILES string of the molecule is O=S(=O)(NC[C@H]1[C@H]2CN(CC3CC3)C[C@]23CC[C@H]1O3)c1ccccc1. The first-order valence-corrected chi connectivity index (χ1v) is 11.0. The molecule has 136 valence electrons. The Balaban J connectivity index is 1.28. The molecule has 5 nitrogen and oxygen atoms in total. The number of hydrogen-bond donors (Lipinski definition) is 1. The van der Waals surface area contributed by atoms with Gasteiger partial charge in [0.05, 0.1) is 16.6 Å². The Hall–Kier alpha value is -0.950. The van der Waals surface area contributed by atoms with Gasteiger partial charge in [-0.15, -0.1) is 0 Å². The third kappa shape index (κ3) is 2.83. The Morgan fingerprint density at radius 2 is 2.00 bits per heavy atom. The highest BCUT2D eigenvalue weighted by Gasteiger charge is 2.62. The molecule has 0 radical (unpaired) electrons. The first kappa shape index (κ1) is 16.2. The monoisotopic (exact) mass is 362 g/mol. The van der Waals surface area contributed by atoms with Crippen molar-refractivity contribution in [2.45, 2.75) is 42.3 Å². The van der Waals surface area contributed by atoms with Gasteiger partial charge in [0, 0.05) is 38.0 Å². The van der Waals surface area contributed by atoms with E-state index < -0.39 is 10.0 Å². The molecule has 4 atom stereocenters. The number of benzene rings is 1. The van der Waals surface area contributed by atoms with Gasteiger partial charge >= 0.3 is 0 Å². The summed E-state index contributed by atoms with van der Waals surface area (Å²) in [5.41, 5.74) is 0.00239. The number of hydrogen-bond acceptors (Lipinski definition) is 4. The smallest absolute Gasteiger partial charge is 0.240 e. The van der Waals surface area contributed by atoms with E-state index >= 15 is 0 Å². The van der Waals surface area contributed by atoms with Gasteiger partial charge in [0.25, 0.3) is 0 Å². The van der Waals surface area contributed by atoms with Crippen molar-refractivity contribution in [1.29, 1.82) is 0 Å². The van der Waals surface area contributed by atoms with Crippen LogP contribution in [-0.4, -0.2) is 51.2 Å². The Labute approximate surface area is 149 Å². The van der Waals surface area contributed by atoms with E-state index in [0.717, 1.165) is 31.8 Å². The van der Waals surface area contributed by atoms with Gasteiger partial charge in [-0.25, -0.2) is 13.1 Å². The maximum absolute atomic E-state index is 12.5. The highest BCUT2D eigenvalue weighted by Crippen LogP contribution is 2.55. The van der Waals surface area contributed by atoms with Crippen molar-refractivity contribution in [3.63, 3.8) is 0 Å². The van der Waals surface area contributed by atoms with Crippen LogP contribution in [0.2, 0.25) is 0 Å².